The highest BCUT2D eigenvalue weighted by molar-refractivity contribution is 7.63. The molecule has 1 heteroatoms. The Morgan fingerprint density at radius 1 is 0.533 bits per heavy atom. The van der Waals surface area contributed by atoms with Gasteiger partial charge in [0.05, 0.1) is 0 Å². The van der Waals surface area contributed by atoms with E-state index in [2.05, 4.69) is 17.8 Å². The van der Waals surface area contributed by atoms with E-state index in [0.29, 0.717) is 0 Å². The van der Waals surface area contributed by atoms with Gasteiger partial charge in [-0.05, 0) is 86.3 Å². The van der Waals surface area contributed by atoms with Crippen molar-refractivity contribution in [3.8, 4) is 0 Å². The summed E-state index contributed by atoms with van der Waals surface area (Å²) >= 11 is 0. The molecule has 0 heterocycles. The van der Waals surface area contributed by atoms with E-state index >= 15 is 0 Å². The second kappa shape index (κ2) is 12.4. The molecule has 0 aromatic rings. The van der Waals surface area contributed by atoms with Crippen LogP contribution in [-0.2, 0) is 0 Å². The van der Waals surface area contributed by atoms with Crippen molar-refractivity contribution in [2.45, 2.75) is 159 Å². The molecule has 0 saturated heterocycles. The molecule has 0 atom stereocenters. The predicted molar refractivity (Wildman–Crippen MR) is 136 cm³/mol. The number of hydrogen-bond donors (Lipinski definition) is 0. The van der Waals surface area contributed by atoms with Gasteiger partial charge in [0.1, 0.15) is 0 Å². The molecule has 0 amide bonds. The van der Waals surface area contributed by atoms with Gasteiger partial charge in [-0.2, -0.15) is 0 Å². The van der Waals surface area contributed by atoms with Crippen molar-refractivity contribution in [3.63, 3.8) is 0 Å². The Kier molecular flexibility index (Phi) is 9.66. The molecule has 4 rings (SSSR count). The molecule has 4 saturated carbocycles. The van der Waals surface area contributed by atoms with E-state index in [1.54, 1.807) is 25.7 Å². The molecule has 30 heavy (non-hydrogen) atoms. The summed E-state index contributed by atoms with van der Waals surface area (Å²) in [6, 6.07) is 0. The topological polar surface area (TPSA) is 0 Å². The van der Waals surface area contributed by atoms with Crippen molar-refractivity contribution < 1.29 is 0 Å². The maximum absolute atomic E-state index is 2.49. The van der Waals surface area contributed by atoms with Crippen molar-refractivity contribution >= 4 is 7.92 Å². The molecule has 0 bridgehead atoms. The van der Waals surface area contributed by atoms with E-state index in [-0.39, 0.29) is 7.92 Å². The van der Waals surface area contributed by atoms with Gasteiger partial charge in [0.2, 0.25) is 0 Å². The van der Waals surface area contributed by atoms with Crippen LogP contribution in [0.2, 0.25) is 0 Å². The van der Waals surface area contributed by atoms with Crippen LogP contribution in [0.25, 0.3) is 0 Å². The Balaban J connectivity index is 1.73. The van der Waals surface area contributed by atoms with Gasteiger partial charge in [-0.1, -0.05) is 104 Å². The number of rotatable bonds is 7. The second-order valence-electron chi connectivity index (χ2n) is 11.3. The second-order valence-corrected chi connectivity index (χ2v) is 14.1. The largest absolute Gasteiger partial charge is 0.0734 e. The molecule has 0 nitrogen and oxygen atoms in total. The van der Waals surface area contributed by atoms with Crippen molar-refractivity contribution in [2.24, 2.45) is 11.8 Å². The lowest BCUT2D eigenvalue weighted by Gasteiger charge is -2.44. The zero-order valence-electron chi connectivity index (χ0n) is 20.3. The minimum Gasteiger partial charge on any atom is -0.0734 e. The standard InChI is InChI=1S/C29H51P/c1-2-15-28(29(24-16-7-3-8-17-24)25-18-9-4-10-19-25)30(26-20-11-5-12-21-26)27-22-13-6-14-23-27/h24-27H,2-23H2,1H3. The summed E-state index contributed by atoms with van der Waals surface area (Å²) in [6.45, 7) is 2.49. The third kappa shape index (κ3) is 5.94. The van der Waals surface area contributed by atoms with Gasteiger partial charge in [-0.15, -0.1) is 0 Å². The lowest BCUT2D eigenvalue weighted by Crippen LogP contribution is -2.25. The fourth-order valence-electron chi connectivity index (χ4n) is 7.75. The first-order chi connectivity index (χ1) is 14.9. The van der Waals surface area contributed by atoms with Gasteiger partial charge in [0.25, 0.3) is 0 Å². The maximum atomic E-state index is 2.49. The normalized spacial score (nSPS) is 26.2. The molecule has 4 fully saturated rings. The molecular weight excluding hydrogens is 379 g/mol. The van der Waals surface area contributed by atoms with E-state index in [1.807, 2.05) is 0 Å². The van der Waals surface area contributed by atoms with E-state index < -0.39 is 0 Å². The van der Waals surface area contributed by atoms with Gasteiger partial charge in [-0.25, -0.2) is 0 Å². The molecule has 0 radical (unpaired) electrons. The minimum absolute atomic E-state index is 0.124. The monoisotopic (exact) mass is 430 g/mol. The van der Waals surface area contributed by atoms with Crippen LogP contribution in [0.15, 0.2) is 10.9 Å². The van der Waals surface area contributed by atoms with Crippen LogP contribution in [-0.4, -0.2) is 11.3 Å². The third-order valence-electron chi connectivity index (χ3n) is 9.16. The quantitative estimate of drug-likeness (QED) is 0.352. The minimum atomic E-state index is 0.124. The van der Waals surface area contributed by atoms with E-state index in [9.17, 15) is 0 Å². The molecule has 0 aromatic carbocycles. The number of hydrogen-bond acceptors (Lipinski definition) is 0. The molecule has 0 aliphatic heterocycles. The molecule has 0 aromatic heterocycles. The molecule has 0 spiro atoms. The molecule has 172 valence electrons. The van der Waals surface area contributed by atoms with E-state index in [1.165, 1.54) is 116 Å². The Labute approximate surface area is 190 Å². The third-order valence-corrected chi connectivity index (χ3v) is 12.9. The summed E-state index contributed by atoms with van der Waals surface area (Å²) in [4.78, 5) is 0. The predicted octanol–water partition coefficient (Wildman–Crippen LogP) is 10.3. The Morgan fingerprint density at radius 2 is 0.900 bits per heavy atom. The van der Waals surface area contributed by atoms with Gasteiger partial charge in [0, 0.05) is 0 Å². The molecule has 4 aliphatic carbocycles. The van der Waals surface area contributed by atoms with Crippen LogP contribution >= 0.6 is 7.92 Å². The van der Waals surface area contributed by atoms with Crippen LogP contribution in [0.1, 0.15) is 148 Å². The zero-order valence-corrected chi connectivity index (χ0v) is 21.2. The van der Waals surface area contributed by atoms with Crippen LogP contribution < -0.4 is 0 Å². The van der Waals surface area contributed by atoms with Gasteiger partial charge in [0.15, 0.2) is 0 Å². The Morgan fingerprint density at radius 3 is 1.27 bits per heavy atom. The van der Waals surface area contributed by atoms with E-state index in [0.717, 1.165) is 23.2 Å². The van der Waals surface area contributed by atoms with Gasteiger partial charge in [-0.3, -0.25) is 0 Å². The highest BCUT2D eigenvalue weighted by atomic mass is 31.1. The van der Waals surface area contributed by atoms with E-state index in [4.69, 9.17) is 0 Å². The van der Waals surface area contributed by atoms with Crippen molar-refractivity contribution in [1.82, 2.24) is 0 Å². The summed E-state index contributed by atoms with van der Waals surface area (Å²) in [5, 5.41) is 2.16. The average molecular weight is 431 g/mol. The maximum Gasteiger partial charge on any atom is -0.0170 e. The zero-order chi connectivity index (χ0) is 20.6. The summed E-state index contributed by atoms with van der Waals surface area (Å²) < 4.78 is 0. The SMILES string of the molecule is CCCC(=C(C1CCCCC1)C1CCCCC1)P(C1CCCCC1)C1CCCCC1. The van der Waals surface area contributed by atoms with Crippen LogP contribution in [0.4, 0.5) is 0 Å². The Hall–Kier alpha value is 0.170. The van der Waals surface area contributed by atoms with Crippen molar-refractivity contribution in [2.75, 3.05) is 0 Å². The lowest BCUT2D eigenvalue weighted by molar-refractivity contribution is 0.323. The first kappa shape index (κ1) is 23.3. The summed E-state index contributed by atoms with van der Waals surface area (Å²) in [7, 11) is 0.124. The summed E-state index contributed by atoms with van der Waals surface area (Å²) in [5.41, 5.74) is 4.33. The highest BCUT2D eigenvalue weighted by Gasteiger charge is 2.37. The van der Waals surface area contributed by atoms with Crippen LogP contribution in [0.5, 0.6) is 0 Å². The fraction of sp³-hybridized carbons (Fsp3) is 0.931. The lowest BCUT2D eigenvalue weighted by atomic mass is 9.73. The summed E-state index contributed by atoms with van der Waals surface area (Å²) in [5.74, 6) is 1.97. The summed E-state index contributed by atoms with van der Waals surface area (Å²) in [6.07, 6.45) is 33.7. The first-order valence-electron chi connectivity index (χ1n) is 14.4. The smallest absolute Gasteiger partial charge is 0.0170 e. The molecule has 0 unspecified atom stereocenters. The molecule has 0 N–H and O–H groups in total. The first-order valence-corrected chi connectivity index (χ1v) is 15.9. The molecular formula is C29H51P. The van der Waals surface area contributed by atoms with Crippen molar-refractivity contribution in [3.05, 3.63) is 10.9 Å². The van der Waals surface area contributed by atoms with Crippen LogP contribution in [0.3, 0.4) is 0 Å². The van der Waals surface area contributed by atoms with Gasteiger partial charge >= 0.3 is 0 Å². The number of allylic oxidation sites excluding steroid dienone is 2. The molecule has 4 aliphatic rings. The van der Waals surface area contributed by atoms with Crippen LogP contribution in [0, 0.1) is 11.8 Å². The Bertz CT molecular complexity index is 472. The van der Waals surface area contributed by atoms with Crippen molar-refractivity contribution in [1.29, 1.82) is 0 Å². The average Bonchev–Trinajstić information content (AvgIpc) is 2.82. The fourth-order valence-corrected chi connectivity index (χ4v) is 12.2. The highest BCUT2D eigenvalue weighted by Crippen LogP contribution is 2.64. The van der Waals surface area contributed by atoms with Gasteiger partial charge < -0.3 is 0 Å².